The number of hydrogen-bond acceptors (Lipinski definition) is 4. The lowest BCUT2D eigenvalue weighted by Crippen LogP contribution is -2.52. The van der Waals surface area contributed by atoms with Gasteiger partial charge in [-0.05, 0) is 65.5 Å². The van der Waals surface area contributed by atoms with Crippen molar-refractivity contribution < 1.29 is 14.4 Å². The van der Waals surface area contributed by atoms with Gasteiger partial charge in [-0.3, -0.25) is 24.4 Å². The molecule has 0 radical (unpaired) electrons. The van der Waals surface area contributed by atoms with Crippen LogP contribution < -0.4 is 5.32 Å². The molecule has 1 unspecified atom stereocenters. The normalized spacial score (nSPS) is 18.9. The van der Waals surface area contributed by atoms with Gasteiger partial charge in [0.2, 0.25) is 11.8 Å². The van der Waals surface area contributed by atoms with Gasteiger partial charge in [0.25, 0.3) is 5.91 Å². The molecule has 7 nitrogen and oxygen atoms in total. The van der Waals surface area contributed by atoms with Gasteiger partial charge in [-0.25, -0.2) is 0 Å². The van der Waals surface area contributed by atoms with E-state index in [4.69, 9.17) is 0 Å². The van der Waals surface area contributed by atoms with Crippen LogP contribution in [-0.2, 0) is 29.1 Å². The van der Waals surface area contributed by atoms with Crippen molar-refractivity contribution in [3.05, 3.63) is 50.9 Å². The van der Waals surface area contributed by atoms with Gasteiger partial charge < -0.3 is 4.90 Å². The minimum absolute atomic E-state index is 0.107. The average molecular weight is 506 g/mol. The Morgan fingerprint density at radius 3 is 2.79 bits per heavy atom. The standard InChI is InChI=1S/C21H23IN4O3/c22-15-11-23-25(12-15)10-3-1-2-5-14-6-4-7-16-17(14)13-26(21(16)29)18-8-9-19(27)24-20(18)28/h4,6-7,11-12,18H,1-3,5,8-10,13H2,(H,24,27,28). The Bertz CT molecular complexity index is 955. The molecule has 8 heteroatoms. The third kappa shape index (κ3) is 4.36. The van der Waals surface area contributed by atoms with Crippen molar-refractivity contribution in [2.75, 3.05) is 0 Å². The predicted molar refractivity (Wildman–Crippen MR) is 115 cm³/mol. The Balaban J connectivity index is 1.35. The van der Waals surface area contributed by atoms with Crippen LogP contribution in [0.1, 0.15) is 53.6 Å². The Hall–Kier alpha value is -2.23. The highest BCUT2D eigenvalue weighted by molar-refractivity contribution is 14.1. The number of nitrogens with zero attached hydrogens (tertiary/aromatic N) is 3. The molecule has 1 N–H and O–H groups in total. The lowest BCUT2D eigenvalue weighted by atomic mass is 9.98. The quantitative estimate of drug-likeness (QED) is 0.356. The van der Waals surface area contributed by atoms with Gasteiger partial charge in [0.05, 0.1) is 9.77 Å². The first-order valence-electron chi connectivity index (χ1n) is 9.96. The van der Waals surface area contributed by atoms with E-state index in [1.165, 1.54) is 5.56 Å². The Morgan fingerprint density at radius 2 is 2.03 bits per heavy atom. The van der Waals surface area contributed by atoms with Crippen LogP contribution in [0, 0.1) is 3.57 Å². The Morgan fingerprint density at radius 1 is 1.17 bits per heavy atom. The number of piperidine rings is 1. The van der Waals surface area contributed by atoms with Gasteiger partial charge >= 0.3 is 0 Å². The Kier molecular flexibility index (Phi) is 5.98. The van der Waals surface area contributed by atoms with E-state index in [-0.39, 0.29) is 24.1 Å². The van der Waals surface area contributed by atoms with Crippen LogP contribution >= 0.6 is 22.6 Å². The van der Waals surface area contributed by atoms with Crippen molar-refractivity contribution >= 4 is 40.3 Å². The predicted octanol–water partition coefficient (Wildman–Crippen LogP) is 2.66. The number of carbonyl (C=O) groups excluding carboxylic acids is 3. The smallest absolute Gasteiger partial charge is 0.255 e. The molecule has 3 amide bonds. The highest BCUT2D eigenvalue weighted by Gasteiger charge is 2.39. The van der Waals surface area contributed by atoms with E-state index in [0.717, 1.165) is 41.4 Å². The van der Waals surface area contributed by atoms with Gasteiger partial charge in [-0.1, -0.05) is 18.6 Å². The molecule has 2 aliphatic rings. The van der Waals surface area contributed by atoms with Crippen LogP contribution in [0.4, 0.5) is 0 Å². The number of aromatic nitrogens is 2. The molecule has 1 fully saturated rings. The van der Waals surface area contributed by atoms with E-state index in [1.54, 1.807) is 4.90 Å². The number of carbonyl (C=O) groups is 3. The maximum Gasteiger partial charge on any atom is 0.255 e. The number of amides is 3. The van der Waals surface area contributed by atoms with Gasteiger partial charge in [0, 0.05) is 31.3 Å². The maximum absolute atomic E-state index is 12.9. The molecule has 1 saturated heterocycles. The molecule has 1 aromatic heterocycles. The van der Waals surface area contributed by atoms with Crippen LogP contribution in [0.25, 0.3) is 0 Å². The summed E-state index contributed by atoms with van der Waals surface area (Å²) in [4.78, 5) is 38.1. The summed E-state index contributed by atoms with van der Waals surface area (Å²) in [5.41, 5.74) is 2.90. The molecule has 0 bridgehead atoms. The van der Waals surface area contributed by atoms with Crippen molar-refractivity contribution in [3.63, 3.8) is 0 Å². The maximum atomic E-state index is 12.9. The third-order valence-electron chi connectivity index (χ3n) is 5.61. The SMILES string of the molecule is O=C1CCC(N2Cc3c(CCCCCn4cc(I)cn4)cccc3C2=O)C(=O)N1. The van der Waals surface area contributed by atoms with Crippen molar-refractivity contribution in [2.24, 2.45) is 0 Å². The lowest BCUT2D eigenvalue weighted by Gasteiger charge is -2.29. The highest BCUT2D eigenvalue weighted by Crippen LogP contribution is 2.30. The van der Waals surface area contributed by atoms with E-state index in [1.807, 2.05) is 29.2 Å². The fraction of sp³-hybridized carbons (Fsp3) is 0.429. The van der Waals surface area contributed by atoms with Crippen LogP contribution in [0.15, 0.2) is 30.6 Å². The van der Waals surface area contributed by atoms with Crippen molar-refractivity contribution in [1.82, 2.24) is 20.0 Å². The number of nitrogens with one attached hydrogen (secondary N) is 1. The number of fused-ring (bicyclic) bond motifs is 1. The number of imide groups is 1. The number of benzene rings is 1. The van der Waals surface area contributed by atoms with E-state index >= 15 is 0 Å². The molecule has 2 aliphatic heterocycles. The minimum atomic E-state index is -0.558. The molecule has 152 valence electrons. The van der Waals surface area contributed by atoms with Gasteiger partial charge in [-0.2, -0.15) is 5.10 Å². The molecule has 4 rings (SSSR count). The monoisotopic (exact) mass is 506 g/mol. The van der Waals surface area contributed by atoms with E-state index in [2.05, 4.69) is 39.1 Å². The summed E-state index contributed by atoms with van der Waals surface area (Å²) >= 11 is 2.26. The summed E-state index contributed by atoms with van der Waals surface area (Å²) in [6.45, 7) is 1.36. The van der Waals surface area contributed by atoms with E-state index in [9.17, 15) is 14.4 Å². The summed E-state index contributed by atoms with van der Waals surface area (Å²) in [6.07, 6.45) is 8.68. The zero-order valence-corrected chi connectivity index (χ0v) is 18.2. The molecule has 29 heavy (non-hydrogen) atoms. The number of unbranched alkanes of at least 4 members (excludes halogenated alkanes) is 2. The zero-order valence-electron chi connectivity index (χ0n) is 16.1. The minimum Gasteiger partial charge on any atom is -0.322 e. The number of hydrogen-bond donors (Lipinski definition) is 1. The molecular weight excluding hydrogens is 483 g/mol. The molecule has 0 saturated carbocycles. The summed E-state index contributed by atoms with van der Waals surface area (Å²) in [6, 6.07) is 5.28. The van der Waals surface area contributed by atoms with E-state index < -0.39 is 6.04 Å². The van der Waals surface area contributed by atoms with Crippen LogP contribution in [0.5, 0.6) is 0 Å². The molecule has 0 aliphatic carbocycles. The molecule has 0 spiro atoms. The number of rotatable bonds is 7. The first kappa shape index (κ1) is 20.1. The fourth-order valence-electron chi connectivity index (χ4n) is 4.11. The highest BCUT2D eigenvalue weighted by atomic mass is 127. The first-order valence-corrected chi connectivity index (χ1v) is 11.0. The summed E-state index contributed by atoms with van der Waals surface area (Å²) in [7, 11) is 0. The van der Waals surface area contributed by atoms with Crippen LogP contribution in [0.3, 0.4) is 0 Å². The fourth-order valence-corrected chi connectivity index (χ4v) is 4.56. The lowest BCUT2D eigenvalue weighted by molar-refractivity contribution is -0.136. The van der Waals surface area contributed by atoms with Crippen LogP contribution in [0.2, 0.25) is 0 Å². The summed E-state index contributed by atoms with van der Waals surface area (Å²) in [5.74, 6) is -0.734. The second-order valence-electron chi connectivity index (χ2n) is 7.58. The number of halogens is 1. The van der Waals surface area contributed by atoms with Crippen molar-refractivity contribution in [3.8, 4) is 0 Å². The summed E-state index contributed by atoms with van der Waals surface area (Å²) < 4.78 is 3.12. The molecule has 1 aromatic carbocycles. The summed E-state index contributed by atoms with van der Waals surface area (Å²) in [5, 5.41) is 6.66. The third-order valence-corrected chi connectivity index (χ3v) is 6.17. The second kappa shape index (κ2) is 8.64. The van der Waals surface area contributed by atoms with Gasteiger partial charge in [-0.15, -0.1) is 0 Å². The van der Waals surface area contributed by atoms with Crippen LogP contribution in [-0.4, -0.2) is 38.4 Å². The molecule has 2 aromatic rings. The first-order chi connectivity index (χ1) is 14.0. The number of aryl methyl sites for hydroxylation is 2. The average Bonchev–Trinajstić information content (AvgIpc) is 3.25. The van der Waals surface area contributed by atoms with Crippen molar-refractivity contribution in [2.45, 2.75) is 57.7 Å². The van der Waals surface area contributed by atoms with E-state index in [0.29, 0.717) is 18.5 Å². The molecule has 1 atom stereocenters. The second-order valence-corrected chi connectivity index (χ2v) is 8.82. The topological polar surface area (TPSA) is 84.3 Å². The zero-order chi connectivity index (χ0) is 20.4. The largest absolute Gasteiger partial charge is 0.322 e. The molecule has 3 heterocycles. The molecular formula is C21H23IN4O3. The van der Waals surface area contributed by atoms with Gasteiger partial charge in [0.15, 0.2) is 0 Å². The van der Waals surface area contributed by atoms with Gasteiger partial charge in [0.1, 0.15) is 6.04 Å². The van der Waals surface area contributed by atoms with Crippen molar-refractivity contribution in [1.29, 1.82) is 0 Å². The Labute approximate surface area is 183 Å².